The normalized spacial score (nSPS) is 17.3. The number of nitrogens with two attached hydrogens (primary N) is 1. The standard InChI is InChI=1S/C10H22N2O3/c1-6-10(3,11)9(13)12-7(2)8(14-4)15-5/h7-8H,6,11H2,1-5H3,(H,12,13). The maximum Gasteiger partial charge on any atom is 0.240 e. The van der Waals surface area contributed by atoms with Crippen molar-refractivity contribution < 1.29 is 14.3 Å². The van der Waals surface area contributed by atoms with Gasteiger partial charge in [-0.15, -0.1) is 0 Å². The van der Waals surface area contributed by atoms with Crippen LogP contribution in [0.25, 0.3) is 0 Å². The average Bonchev–Trinajstić information content (AvgIpc) is 2.19. The number of hydrogen-bond acceptors (Lipinski definition) is 4. The minimum atomic E-state index is -0.847. The van der Waals surface area contributed by atoms with E-state index in [4.69, 9.17) is 15.2 Å². The summed E-state index contributed by atoms with van der Waals surface area (Å²) in [4.78, 5) is 11.7. The molecular formula is C10H22N2O3. The van der Waals surface area contributed by atoms with E-state index in [0.29, 0.717) is 6.42 Å². The second-order valence-electron chi connectivity index (χ2n) is 3.87. The van der Waals surface area contributed by atoms with Crippen molar-refractivity contribution in [3.05, 3.63) is 0 Å². The largest absolute Gasteiger partial charge is 0.354 e. The molecule has 0 fully saturated rings. The lowest BCUT2D eigenvalue weighted by Gasteiger charge is -2.27. The number of rotatable bonds is 6. The Bertz CT molecular complexity index is 203. The highest BCUT2D eigenvalue weighted by atomic mass is 16.7. The topological polar surface area (TPSA) is 73.6 Å². The summed E-state index contributed by atoms with van der Waals surface area (Å²) in [7, 11) is 3.05. The third-order valence-electron chi connectivity index (χ3n) is 2.48. The van der Waals surface area contributed by atoms with E-state index < -0.39 is 11.8 Å². The van der Waals surface area contributed by atoms with Crippen LogP contribution in [-0.2, 0) is 14.3 Å². The summed E-state index contributed by atoms with van der Waals surface area (Å²) in [6.45, 7) is 5.37. The van der Waals surface area contributed by atoms with Gasteiger partial charge in [0.15, 0.2) is 6.29 Å². The molecule has 1 amide bonds. The van der Waals surface area contributed by atoms with Crippen LogP contribution in [0.2, 0.25) is 0 Å². The van der Waals surface area contributed by atoms with E-state index in [-0.39, 0.29) is 11.9 Å². The van der Waals surface area contributed by atoms with E-state index in [2.05, 4.69) is 5.32 Å². The van der Waals surface area contributed by atoms with Crippen LogP contribution in [0.1, 0.15) is 27.2 Å². The molecule has 0 saturated carbocycles. The van der Waals surface area contributed by atoms with Crippen LogP contribution in [0.15, 0.2) is 0 Å². The monoisotopic (exact) mass is 218 g/mol. The second-order valence-corrected chi connectivity index (χ2v) is 3.87. The molecule has 0 aliphatic rings. The van der Waals surface area contributed by atoms with E-state index in [9.17, 15) is 4.79 Å². The molecule has 2 atom stereocenters. The number of hydrogen-bond donors (Lipinski definition) is 2. The van der Waals surface area contributed by atoms with Gasteiger partial charge in [-0.1, -0.05) is 6.92 Å². The van der Waals surface area contributed by atoms with Gasteiger partial charge in [-0.3, -0.25) is 4.79 Å². The lowest BCUT2D eigenvalue weighted by atomic mass is 9.99. The number of ether oxygens (including phenoxy) is 2. The SMILES string of the molecule is CCC(C)(N)C(=O)NC(C)C(OC)OC. The lowest BCUT2D eigenvalue weighted by Crippen LogP contribution is -2.55. The van der Waals surface area contributed by atoms with Crippen LogP contribution < -0.4 is 11.1 Å². The lowest BCUT2D eigenvalue weighted by molar-refractivity contribution is -0.139. The van der Waals surface area contributed by atoms with Gasteiger partial charge in [0, 0.05) is 14.2 Å². The molecule has 0 bridgehead atoms. The van der Waals surface area contributed by atoms with Crippen LogP contribution in [0.4, 0.5) is 0 Å². The van der Waals surface area contributed by atoms with Gasteiger partial charge in [-0.25, -0.2) is 0 Å². The van der Waals surface area contributed by atoms with Gasteiger partial charge in [0.05, 0.1) is 11.6 Å². The molecular weight excluding hydrogens is 196 g/mol. The molecule has 0 spiro atoms. The summed E-state index contributed by atoms with van der Waals surface area (Å²) >= 11 is 0. The Labute approximate surface area is 91.3 Å². The first kappa shape index (κ1) is 14.3. The molecule has 0 aromatic heterocycles. The van der Waals surface area contributed by atoms with Gasteiger partial charge >= 0.3 is 0 Å². The molecule has 0 aromatic rings. The first-order chi connectivity index (χ1) is 6.88. The molecule has 0 rings (SSSR count). The van der Waals surface area contributed by atoms with E-state index in [1.165, 1.54) is 14.2 Å². The maximum absolute atomic E-state index is 11.7. The van der Waals surface area contributed by atoms with Crippen molar-refractivity contribution in [2.45, 2.75) is 45.1 Å². The highest BCUT2D eigenvalue weighted by molar-refractivity contribution is 5.85. The van der Waals surface area contributed by atoms with Crippen molar-refractivity contribution in [3.8, 4) is 0 Å². The first-order valence-electron chi connectivity index (χ1n) is 5.04. The molecule has 0 saturated heterocycles. The molecule has 0 radical (unpaired) electrons. The van der Waals surface area contributed by atoms with Crippen molar-refractivity contribution in [2.75, 3.05) is 14.2 Å². The number of nitrogens with one attached hydrogen (secondary N) is 1. The van der Waals surface area contributed by atoms with Gasteiger partial charge in [-0.05, 0) is 20.3 Å². The first-order valence-corrected chi connectivity index (χ1v) is 5.04. The van der Waals surface area contributed by atoms with Gasteiger partial charge in [0.1, 0.15) is 0 Å². The van der Waals surface area contributed by atoms with Crippen LogP contribution in [0.3, 0.4) is 0 Å². The Morgan fingerprint density at radius 1 is 1.47 bits per heavy atom. The van der Waals surface area contributed by atoms with Gasteiger partial charge in [-0.2, -0.15) is 0 Å². The number of carbonyl (C=O) groups excluding carboxylic acids is 1. The fourth-order valence-corrected chi connectivity index (χ4v) is 1.10. The van der Waals surface area contributed by atoms with Crippen molar-refractivity contribution >= 4 is 5.91 Å². The molecule has 0 aromatic carbocycles. The molecule has 5 nitrogen and oxygen atoms in total. The summed E-state index contributed by atoms with van der Waals surface area (Å²) in [6.07, 6.45) is 0.123. The number of carbonyl (C=O) groups is 1. The fraction of sp³-hybridized carbons (Fsp3) is 0.900. The maximum atomic E-state index is 11.7. The summed E-state index contributed by atoms with van der Waals surface area (Å²) in [6, 6.07) is -0.234. The third-order valence-corrected chi connectivity index (χ3v) is 2.48. The van der Waals surface area contributed by atoms with Crippen LogP contribution in [-0.4, -0.2) is 38.0 Å². The van der Waals surface area contributed by atoms with Crippen LogP contribution >= 0.6 is 0 Å². The zero-order chi connectivity index (χ0) is 12.1. The molecule has 0 aliphatic heterocycles. The minimum absolute atomic E-state index is 0.198. The van der Waals surface area contributed by atoms with E-state index in [1.807, 2.05) is 6.92 Å². The summed E-state index contributed by atoms with van der Waals surface area (Å²) in [5.41, 5.74) is 4.95. The Morgan fingerprint density at radius 3 is 2.27 bits per heavy atom. The average molecular weight is 218 g/mol. The van der Waals surface area contributed by atoms with Gasteiger partial charge in [0.25, 0.3) is 0 Å². The molecule has 15 heavy (non-hydrogen) atoms. The van der Waals surface area contributed by atoms with Crippen LogP contribution in [0.5, 0.6) is 0 Å². The zero-order valence-corrected chi connectivity index (χ0v) is 10.2. The summed E-state index contributed by atoms with van der Waals surface area (Å²) in [5, 5.41) is 2.76. The predicted molar refractivity (Wildman–Crippen MR) is 58.3 cm³/mol. The van der Waals surface area contributed by atoms with Gasteiger partial charge < -0.3 is 20.5 Å². The number of methoxy groups -OCH3 is 2. The van der Waals surface area contributed by atoms with Crippen LogP contribution in [0, 0.1) is 0 Å². The van der Waals surface area contributed by atoms with Crippen molar-refractivity contribution in [1.82, 2.24) is 5.32 Å². The van der Waals surface area contributed by atoms with E-state index in [1.54, 1.807) is 13.8 Å². The van der Waals surface area contributed by atoms with Crippen molar-refractivity contribution in [3.63, 3.8) is 0 Å². The molecule has 90 valence electrons. The summed E-state index contributed by atoms with van der Waals surface area (Å²) in [5.74, 6) is -0.198. The Kier molecular flexibility index (Phi) is 5.79. The van der Waals surface area contributed by atoms with E-state index in [0.717, 1.165) is 0 Å². The van der Waals surface area contributed by atoms with Crippen molar-refractivity contribution in [1.29, 1.82) is 0 Å². The molecule has 0 aliphatic carbocycles. The fourth-order valence-electron chi connectivity index (χ4n) is 1.10. The molecule has 0 heterocycles. The number of amides is 1. The Balaban J connectivity index is 4.29. The predicted octanol–water partition coefficient (Wildman–Crippen LogP) is 0.237. The van der Waals surface area contributed by atoms with Crippen molar-refractivity contribution in [2.24, 2.45) is 5.73 Å². The molecule has 3 N–H and O–H groups in total. The smallest absolute Gasteiger partial charge is 0.240 e. The highest BCUT2D eigenvalue weighted by Gasteiger charge is 2.29. The quantitative estimate of drug-likeness (QED) is 0.626. The zero-order valence-electron chi connectivity index (χ0n) is 10.2. The Morgan fingerprint density at radius 2 is 1.93 bits per heavy atom. The third kappa shape index (κ3) is 4.15. The second kappa shape index (κ2) is 6.05. The minimum Gasteiger partial charge on any atom is -0.354 e. The highest BCUT2D eigenvalue weighted by Crippen LogP contribution is 2.06. The summed E-state index contributed by atoms with van der Waals surface area (Å²) < 4.78 is 10.1. The van der Waals surface area contributed by atoms with Gasteiger partial charge in [0.2, 0.25) is 5.91 Å². The van der Waals surface area contributed by atoms with E-state index >= 15 is 0 Å². The molecule has 2 unspecified atom stereocenters. The molecule has 5 heteroatoms. The Hall–Kier alpha value is -0.650.